The fraction of sp³-hybridized carbons (Fsp3) is 0.333. The Bertz CT molecular complexity index is 483. The van der Waals surface area contributed by atoms with E-state index in [4.69, 9.17) is 0 Å². The molecule has 18 heavy (non-hydrogen) atoms. The fourth-order valence-corrected chi connectivity index (χ4v) is 2.10. The number of Topliss-reactive ketones (excluding diaryl/α,β-unsaturated/α-hetero) is 1. The van der Waals surface area contributed by atoms with E-state index in [2.05, 4.69) is 4.74 Å². The van der Waals surface area contributed by atoms with Crippen molar-refractivity contribution in [1.82, 2.24) is 0 Å². The van der Waals surface area contributed by atoms with Crippen molar-refractivity contribution in [2.45, 2.75) is 25.7 Å². The van der Waals surface area contributed by atoms with Gasteiger partial charge in [0, 0.05) is 6.42 Å². The summed E-state index contributed by atoms with van der Waals surface area (Å²) in [5.74, 6) is -0.0450. The van der Waals surface area contributed by atoms with Crippen molar-refractivity contribution in [3.8, 4) is 0 Å². The third-order valence-corrected chi connectivity index (χ3v) is 3.18. The van der Waals surface area contributed by atoms with E-state index in [0.717, 1.165) is 30.4 Å². The lowest BCUT2D eigenvalue weighted by atomic mass is 10.0. The molecule has 1 aliphatic rings. The SMILES string of the molecule is COC(=O)c1ccc(CCC2=CCCC2=O)cc1. The highest BCUT2D eigenvalue weighted by Crippen LogP contribution is 2.19. The third kappa shape index (κ3) is 2.86. The molecule has 0 heterocycles. The second-order valence-electron chi connectivity index (χ2n) is 4.38. The Balaban J connectivity index is 1.94. The summed E-state index contributed by atoms with van der Waals surface area (Å²) < 4.78 is 4.64. The fourth-order valence-electron chi connectivity index (χ4n) is 2.10. The van der Waals surface area contributed by atoms with Crippen molar-refractivity contribution in [3.63, 3.8) is 0 Å². The first-order chi connectivity index (χ1) is 8.70. The first-order valence-corrected chi connectivity index (χ1v) is 6.10. The lowest BCUT2D eigenvalue weighted by molar-refractivity contribution is -0.115. The zero-order valence-electron chi connectivity index (χ0n) is 10.4. The number of carbonyl (C=O) groups is 2. The van der Waals surface area contributed by atoms with E-state index in [9.17, 15) is 9.59 Å². The van der Waals surface area contributed by atoms with Gasteiger partial charge in [-0.2, -0.15) is 0 Å². The van der Waals surface area contributed by atoms with Crippen LogP contribution < -0.4 is 0 Å². The molecule has 0 spiro atoms. The summed E-state index contributed by atoms with van der Waals surface area (Å²) in [5.41, 5.74) is 2.63. The molecule has 0 radical (unpaired) electrons. The van der Waals surface area contributed by atoms with Crippen LogP contribution in [0.3, 0.4) is 0 Å². The van der Waals surface area contributed by atoms with Crippen LogP contribution in [0.5, 0.6) is 0 Å². The predicted molar refractivity (Wildman–Crippen MR) is 68.4 cm³/mol. The number of allylic oxidation sites excluding steroid dienone is 2. The molecule has 0 N–H and O–H groups in total. The van der Waals surface area contributed by atoms with Gasteiger partial charge in [0.1, 0.15) is 0 Å². The molecule has 0 atom stereocenters. The molecule has 3 nitrogen and oxygen atoms in total. The maximum absolute atomic E-state index is 11.4. The second kappa shape index (κ2) is 5.63. The number of esters is 1. The van der Waals surface area contributed by atoms with Gasteiger partial charge >= 0.3 is 5.97 Å². The quantitative estimate of drug-likeness (QED) is 0.765. The van der Waals surface area contributed by atoms with Crippen molar-refractivity contribution < 1.29 is 14.3 Å². The zero-order valence-corrected chi connectivity index (χ0v) is 10.4. The molecule has 94 valence electrons. The molecule has 0 saturated carbocycles. The van der Waals surface area contributed by atoms with Crippen molar-refractivity contribution in [2.24, 2.45) is 0 Å². The van der Waals surface area contributed by atoms with E-state index < -0.39 is 0 Å². The highest BCUT2D eigenvalue weighted by Gasteiger charge is 2.14. The Morgan fingerprint density at radius 2 is 1.94 bits per heavy atom. The van der Waals surface area contributed by atoms with Gasteiger partial charge in [-0.05, 0) is 42.5 Å². The Kier molecular flexibility index (Phi) is 3.92. The van der Waals surface area contributed by atoms with E-state index in [1.54, 1.807) is 12.1 Å². The molecular formula is C15H16O3. The number of ketones is 1. The standard InChI is InChI=1S/C15H16O3/c1-18-15(17)13-9-6-11(7-10-13)5-8-12-3-2-4-14(12)16/h3,6-7,9-10H,2,4-5,8H2,1H3. The molecule has 0 saturated heterocycles. The molecule has 3 heteroatoms. The maximum Gasteiger partial charge on any atom is 0.337 e. The first-order valence-electron chi connectivity index (χ1n) is 6.10. The van der Waals surface area contributed by atoms with Crippen LogP contribution in [0.4, 0.5) is 0 Å². The van der Waals surface area contributed by atoms with Gasteiger partial charge in [0.2, 0.25) is 0 Å². The number of ether oxygens (including phenoxy) is 1. The van der Waals surface area contributed by atoms with Crippen molar-refractivity contribution in [2.75, 3.05) is 7.11 Å². The zero-order chi connectivity index (χ0) is 13.0. The molecule has 1 aromatic carbocycles. The number of rotatable bonds is 4. The minimum absolute atomic E-state index is 0.279. The summed E-state index contributed by atoms with van der Waals surface area (Å²) in [7, 11) is 1.37. The molecule has 2 rings (SSSR count). The summed E-state index contributed by atoms with van der Waals surface area (Å²) in [6, 6.07) is 7.33. The lowest BCUT2D eigenvalue weighted by Gasteiger charge is -2.03. The topological polar surface area (TPSA) is 43.4 Å². The van der Waals surface area contributed by atoms with E-state index in [-0.39, 0.29) is 11.8 Å². The van der Waals surface area contributed by atoms with Gasteiger partial charge in [0.05, 0.1) is 12.7 Å². The number of hydrogen-bond acceptors (Lipinski definition) is 3. The summed E-state index contributed by atoms with van der Waals surface area (Å²) in [6.45, 7) is 0. The van der Waals surface area contributed by atoms with Crippen LogP contribution >= 0.6 is 0 Å². The van der Waals surface area contributed by atoms with Crippen LogP contribution in [0.2, 0.25) is 0 Å². The second-order valence-corrected chi connectivity index (χ2v) is 4.38. The molecular weight excluding hydrogens is 228 g/mol. The molecule has 0 aliphatic heterocycles. The van der Waals surface area contributed by atoms with E-state index in [0.29, 0.717) is 12.0 Å². The Morgan fingerprint density at radius 1 is 1.22 bits per heavy atom. The normalized spacial score (nSPS) is 14.5. The van der Waals surface area contributed by atoms with Gasteiger partial charge in [-0.1, -0.05) is 18.2 Å². The predicted octanol–water partition coefficient (Wildman–Crippen LogP) is 2.70. The van der Waals surface area contributed by atoms with Crippen molar-refractivity contribution >= 4 is 11.8 Å². The van der Waals surface area contributed by atoms with Crippen LogP contribution in [0, 0.1) is 0 Å². The van der Waals surface area contributed by atoms with Gasteiger partial charge in [-0.25, -0.2) is 4.79 Å². The van der Waals surface area contributed by atoms with Crippen LogP contribution in [0.15, 0.2) is 35.9 Å². The van der Waals surface area contributed by atoms with Gasteiger partial charge in [0.15, 0.2) is 5.78 Å². The molecule has 0 unspecified atom stereocenters. The molecule has 0 aromatic heterocycles. The van der Waals surface area contributed by atoms with Crippen LogP contribution in [0.25, 0.3) is 0 Å². The molecule has 0 bridgehead atoms. The molecule has 0 amide bonds. The first kappa shape index (κ1) is 12.6. The van der Waals surface area contributed by atoms with Crippen LogP contribution in [-0.2, 0) is 16.0 Å². The van der Waals surface area contributed by atoms with Gasteiger partial charge in [-0.3, -0.25) is 4.79 Å². The largest absolute Gasteiger partial charge is 0.465 e. The minimum Gasteiger partial charge on any atom is -0.465 e. The van der Waals surface area contributed by atoms with Gasteiger partial charge < -0.3 is 4.74 Å². The monoisotopic (exact) mass is 244 g/mol. The van der Waals surface area contributed by atoms with Crippen LogP contribution in [0.1, 0.15) is 35.2 Å². The number of benzene rings is 1. The van der Waals surface area contributed by atoms with E-state index in [1.807, 2.05) is 18.2 Å². The highest BCUT2D eigenvalue weighted by atomic mass is 16.5. The Hall–Kier alpha value is -1.90. The molecule has 1 aliphatic carbocycles. The summed E-state index contributed by atoms with van der Waals surface area (Å²) in [5, 5.41) is 0. The van der Waals surface area contributed by atoms with Gasteiger partial charge in [0.25, 0.3) is 0 Å². The Morgan fingerprint density at radius 3 is 2.50 bits per heavy atom. The molecule has 1 aromatic rings. The lowest BCUT2D eigenvalue weighted by Crippen LogP contribution is -2.01. The average Bonchev–Trinajstić information content (AvgIpc) is 2.81. The van der Waals surface area contributed by atoms with Crippen molar-refractivity contribution in [1.29, 1.82) is 0 Å². The summed E-state index contributed by atoms with van der Waals surface area (Å²) in [6.07, 6.45) is 5.20. The number of carbonyl (C=O) groups excluding carboxylic acids is 2. The number of aryl methyl sites for hydroxylation is 1. The van der Waals surface area contributed by atoms with Crippen LogP contribution in [-0.4, -0.2) is 18.9 Å². The van der Waals surface area contributed by atoms with Gasteiger partial charge in [-0.15, -0.1) is 0 Å². The summed E-state index contributed by atoms with van der Waals surface area (Å²) in [4.78, 5) is 22.7. The summed E-state index contributed by atoms with van der Waals surface area (Å²) >= 11 is 0. The maximum atomic E-state index is 11.4. The number of hydrogen-bond donors (Lipinski definition) is 0. The average molecular weight is 244 g/mol. The highest BCUT2D eigenvalue weighted by molar-refractivity contribution is 5.97. The molecule has 0 fully saturated rings. The third-order valence-electron chi connectivity index (χ3n) is 3.18. The van der Waals surface area contributed by atoms with E-state index in [1.165, 1.54) is 7.11 Å². The van der Waals surface area contributed by atoms with Crippen molar-refractivity contribution in [3.05, 3.63) is 47.0 Å². The number of methoxy groups -OCH3 is 1. The Labute approximate surface area is 106 Å². The minimum atomic E-state index is -0.324. The van der Waals surface area contributed by atoms with E-state index >= 15 is 0 Å². The smallest absolute Gasteiger partial charge is 0.337 e.